The van der Waals surface area contributed by atoms with Gasteiger partial charge in [-0.15, -0.1) is 0 Å². The summed E-state index contributed by atoms with van der Waals surface area (Å²) in [5.74, 6) is -0.340. The van der Waals surface area contributed by atoms with Crippen LogP contribution in [-0.4, -0.2) is 22.7 Å². The topological polar surface area (TPSA) is 69.6 Å². The van der Waals surface area contributed by atoms with Crippen molar-refractivity contribution in [1.29, 1.82) is 0 Å². The maximum atomic E-state index is 12.8. The van der Waals surface area contributed by atoms with Crippen LogP contribution in [0.1, 0.15) is 87.2 Å². The van der Waals surface area contributed by atoms with E-state index in [0.717, 1.165) is 37.7 Å². The lowest BCUT2D eigenvalue weighted by Crippen LogP contribution is -2.25. The molecule has 1 aromatic carbocycles. The minimum atomic E-state index is -0.281. The van der Waals surface area contributed by atoms with Gasteiger partial charge in [-0.25, -0.2) is 0 Å². The van der Waals surface area contributed by atoms with Gasteiger partial charge in [0, 0.05) is 18.0 Å². The molecule has 2 rings (SSSR count). The van der Waals surface area contributed by atoms with E-state index >= 15 is 0 Å². The maximum absolute atomic E-state index is 12.8. The number of hydrogen-bond donors (Lipinski definition) is 3. The average Bonchev–Trinajstić information content (AvgIpc) is 2.61. The highest BCUT2D eigenvalue weighted by atomic mass is 16.3. The minimum Gasteiger partial charge on any atom is -0.507 e. The standard InChI is InChI=1S/C24H35NO3/c1-6-8-9-10-17-14-20(26)22(23(27)21(17)24(28)25-7-2)19-13-16(5)11-12-18(19)15(3)4/h13-14,18-19,26-27H,3,6-12H2,1-2,4-5H3,(H,25,28)/t18-,19+/m0/s1. The largest absolute Gasteiger partial charge is 0.507 e. The van der Waals surface area contributed by atoms with E-state index in [0.29, 0.717) is 29.7 Å². The van der Waals surface area contributed by atoms with E-state index in [1.807, 2.05) is 13.8 Å². The van der Waals surface area contributed by atoms with Crippen molar-refractivity contribution in [2.24, 2.45) is 5.92 Å². The summed E-state index contributed by atoms with van der Waals surface area (Å²) in [6.45, 7) is 12.6. The number of rotatable bonds is 8. The second-order valence-electron chi connectivity index (χ2n) is 8.04. The smallest absolute Gasteiger partial charge is 0.255 e. The van der Waals surface area contributed by atoms with Gasteiger partial charge in [0.25, 0.3) is 5.91 Å². The molecule has 0 aromatic heterocycles. The number of nitrogens with one attached hydrogen (secondary N) is 1. The van der Waals surface area contributed by atoms with E-state index in [-0.39, 0.29) is 29.2 Å². The lowest BCUT2D eigenvalue weighted by atomic mass is 9.73. The van der Waals surface area contributed by atoms with Crippen molar-refractivity contribution in [2.75, 3.05) is 6.54 Å². The normalized spacial score (nSPS) is 19.2. The number of amides is 1. The first kappa shape index (κ1) is 22.1. The summed E-state index contributed by atoms with van der Waals surface area (Å²) >= 11 is 0. The first-order valence-corrected chi connectivity index (χ1v) is 10.5. The van der Waals surface area contributed by atoms with E-state index < -0.39 is 0 Å². The summed E-state index contributed by atoms with van der Waals surface area (Å²) in [7, 11) is 0. The van der Waals surface area contributed by atoms with Crippen LogP contribution in [0.3, 0.4) is 0 Å². The van der Waals surface area contributed by atoms with Crippen molar-refractivity contribution in [3.05, 3.63) is 46.6 Å². The average molecular weight is 386 g/mol. The minimum absolute atomic E-state index is 0.0687. The molecule has 0 heterocycles. The molecule has 0 saturated heterocycles. The Labute approximate surface area is 169 Å². The summed E-state index contributed by atoms with van der Waals surface area (Å²) in [6.07, 6.45) is 7.70. The Balaban J connectivity index is 2.61. The van der Waals surface area contributed by atoms with Crippen molar-refractivity contribution in [2.45, 2.75) is 72.1 Å². The number of aryl methyl sites for hydroxylation is 1. The van der Waals surface area contributed by atoms with Crippen LogP contribution in [-0.2, 0) is 6.42 Å². The van der Waals surface area contributed by atoms with Crippen LogP contribution in [0.5, 0.6) is 11.5 Å². The first-order valence-electron chi connectivity index (χ1n) is 10.5. The SMILES string of the molecule is C=C(C)[C@@H]1CCC(C)=C[C@H]1c1c(O)cc(CCCCC)c(C(=O)NCC)c1O. The Hall–Kier alpha value is -2.23. The monoisotopic (exact) mass is 385 g/mol. The van der Waals surface area contributed by atoms with Gasteiger partial charge in [-0.2, -0.15) is 0 Å². The molecule has 0 spiro atoms. The third-order valence-electron chi connectivity index (χ3n) is 5.73. The summed E-state index contributed by atoms with van der Waals surface area (Å²) < 4.78 is 0. The lowest BCUT2D eigenvalue weighted by molar-refractivity contribution is 0.0952. The van der Waals surface area contributed by atoms with Gasteiger partial charge in [-0.1, -0.05) is 43.6 Å². The van der Waals surface area contributed by atoms with Crippen LogP contribution in [0, 0.1) is 5.92 Å². The molecule has 154 valence electrons. The second-order valence-corrected chi connectivity index (χ2v) is 8.04. The van der Waals surface area contributed by atoms with E-state index in [2.05, 4.69) is 31.8 Å². The van der Waals surface area contributed by atoms with Gasteiger partial charge in [-0.3, -0.25) is 4.79 Å². The van der Waals surface area contributed by atoms with Crippen molar-refractivity contribution in [1.82, 2.24) is 5.32 Å². The van der Waals surface area contributed by atoms with Gasteiger partial charge in [0.05, 0.1) is 5.56 Å². The van der Waals surface area contributed by atoms with Crippen LogP contribution in [0.4, 0.5) is 0 Å². The van der Waals surface area contributed by atoms with E-state index in [1.165, 1.54) is 5.57 Å². The molecule has 2 atom stereocenters. The molecule has 0 bridgehead atoms. The zero-order valence-corrected chi connectivity index (χ0v) is 17.8. The molecule has 3 N–H and O–H groups in total. The highest BCUT2D eigenvalue weighted by Gasteiger charge is 2.32. The van der Waals surface area contributed by atoms with Crippen LogP contribution in [0.15, 0.2) is 29.9 Å². The first-order chi connectivity index (χ1) is 13.3. The van der Waals surface area contributed by atoms with Crippen LogP contribution >= 0.6 is 0 Å². The van der Waals surface area contributed by atoms with Gasteiger partial charge in [0.15, 0.2) is 0 Å². The number of phenols is 2. The molecule has 0 radical (unpaired) electrons. The second kappa shape index (κ2) is 9.81. The number of carbonyl (C=O) groups excluding carboxylic acids is 1. The predicted molar refractivity (Wildman–Crippen MR) is 115 cm³/mol. The summed E-state index contributed by atoms with van der Waals surface area (Å²) in [5, 5.41) is 24.8. The molecule has 0 unspecified atom stereocenters. The zero-order chi connectivity index (χ0) is 20.8. The third kappa shape index (κ3) is 4.78. The molecule has 0 saturated carbocycles. The van der Waals surface area contributed by atoms with E-state index in [1.54, 1.807) is 6.07 Å². The van der Waals surface area contributed by atoms with Crippen LogP contribution < -0.4 is 5.32 Å². The number of unbranched alkanes of at least 4 members (excludes halogenated alkanes) is 2. The van der Waals surface area contributed by atoms with E-state index in [4.69, 9.17) is 0 Å². The molecule has 1 aromatic rings. The summed E-state index contributed by atoms with van der Waals surface area (Å²) in [5.41, 5.74) is 3.73. The number of hydrogen-bond acceptors (Lipinski definition) is 3. The van der Waals surface area contributed by atoms with Gasteiger partial charge in [-0.05, 0) is 64.0 Å². The van der Waals surface area contributed by atoms with Gasteiger partial charge >= 0.3 is 0 Å². The highest BCUT2D eigenvalue weighted by Crippen LogP contribution is 2.48. The van der Waals surface area contributed by atoms with Gasteiger partial charge < -0.3 is 15.5 Å². The van der Waals surface area contributed by atoms with Crippen molar-refractivity contribution >= 4 is 5.91 Å². The fourth-order valence-electron chi connectivity index (χ4n) is 4.22. The molecule has 4 heteroatoms. The van der Waals surface area contributed by atoms with Crippen LogP contribution in [0.25, 0.3) is 0 Å². The third-order valence-corrected chi connectivity index (χ3v) is 5.73. The Morgan fingerprint density at radius 2 is 2.00 bits per heavy atom. The molecular formula is C24H35NO3. The number of benzene rings is 1. The summed E-state index contributed by atoms with van der Waals surface area (Å²) in [6, 6.07) is 1.68. The zero-order valence-electron chi connectivity index (χ0n) is 17.8. The fraction of sp³-hybridized carbons (Fsp3) is 0.542. The van der Waals surface area contributed by atoms with E-state index in [9.17, 15) is 15.0 Å². The number of allylic oxidation sites excluding steroid dienone is 3. The predicted octanol–water partition coefficient (Wildman–Crippen LogP) is 5.60. The molecule has 1 amide bonds. The molecule has 1 aliphatic rings. The molecule has 28 heavy (non-hydrogen) atoms. The molecule has 0 fully saturated rings. The Morgan fingerprint density at radius 3 is 2.61 bits per heavy atom. The quantitative estimate of drug-likeness (QED) is 0.403. The van der Waals surface area contributed by atoms with Crippen LogP contribution in [0.2, 0.25) is 0 Å². The molecule has 1 aliphatic carbocycles. The fourth-order valence-corrected chi connectivity index (χ4v) is 4.22. The number of phenolic OH excluding ortho intramolecular Hbond substituents is 2. The number of aromatic hydroxyl groups is 2. The lowest BCUT2D eigenvalue weighted by Gasteiger charge is -2.32. The molecular weight excluding hydrogens is 350 g/mol. The van der Waals surface area contributed by atoms with Gasteiger partial charge in [0.1, 0.15) is 11.5 Å². The van der Waals surface area contributed by atoms with Crippen molar-refractivity contribution in [3.8, 4) is 11.5 Å². The van der Waals surface area contributed by atoms with Crippen molar-refractivity contribution in [3.63, 3.8) is 0 Å². The Kier molecular flexibility index (Phi) is 7.73. The molecule has 4 nitrogen and oxygen atoms in total. The number of carbonyl (C=O) groups is 1. The summed E-state index contributed by atoms with van der Waals surface area (Å²) in [4.78, 5) is 12.8. The van der Waals surface area contributed by atoms with Gasteiger partial charge in [0.2, 0.25) is 0 Å². The Bertz CT molecular complexity index is 764. The molecule has 0 aliphatic heterocycles. The highest BCUT2D eigenvalue weighted by molar-refractivity contribution is 5.99. The maximum Gasteiger partial charge on any atom is 0.255 e. The van der Waals surface area contributed by atoms with Crippen molar-refractivity contribution < 1.29 is 15.0 Å². The Morgan fingerprint density at radius 1 is 1.29 bits per heavy atom.